The molecule has 0 atom stereocenters. The SMILES string of the molecule is CN1C(C)(C)CC(N(CCCCCCNCCCCCCN)C2CC(C)(C)N(C)C(C)(C)C2)CC1(C)C. The summed E-state index contributed by atoms with van der Waals surface area (Å²) < 4.78 is 0. The molecule has 2 aliphatic heterocycles. The van der Waals surface area contributed by atoms with Crippen molar-refractivity contribution in [1.82, 2.24) is 20.0 Å². The van der Waals surface area contributed by atoms with Gasteiger partial charge in [-0.1, -0.05) is 25.7 Å². The minimum atomic E-state index is 0.233. The molecule has 2 aliphatic rings. The van der Waals surface area contributed by atoms with Crippen molar-refractivity contribution in [1.29, 1.82) is 0 Å². The van der Waals surface area contributed by atoms with Crippen molar-refractivity contribution in [2.75, 3.05) is 40.3 Å². The molecule has 2 rings (SSSR count). The van der Waals surface area contributed by atoms with E-state index in [9.17, 15) is 0 Å². The number of nitrogens with two attached hydrogens (primary N) is 1. The summed E-state index contributed by atoms with van der Waals surface area (Å²) in [6, 6.07) is 1.34. The Bertz CT molecular complexity index is 578. The maximum absolute atomic E-state index is 5.59. The first-order chi connectivity index (χ1) is 17.1. The van der Waals surface area contributed by atoms with Crippen molar-refractivity contribution >= 4 is 0 Å². The third-order valence-corrected chi connectivity index (χ3v) is 10.3. The van der Waals surface area contributed by atoms with Gasteiger partial charge in [-0.25, -0.2) is 0 Å². The van der Waals surface area contributed by atoms with E-state index < -0.39 is 0 Å². The van der Waals surface area contributed by atoms with Gasteiger partial charge in [-0.2, -0.15) is 0 Å². The Morgan fingerprint density at radius 1 is 0.595 bits per heavy atom. The summed E-state index contributed by atoms with van der Waals surface area (Å²) in [5, 5.41) is 3.66. The summed E-state index contributed by atoms with van der Waals surface area (Å²) in [4.78, 5) is 8.29. The van der Waals surface area contributed by atoms with Gasteiger partial charge in [0.15, 0.2) is 0 Å². The minimum Gasteiger partial charge on any atom is -0.330 e. The highest BCUT2D eigenvalue weighted by Crippen LogP contribution is 2.44. The van der Waals surface area contributed by atoms with Gasteiger partial charge >= 0.3 is 0 Å². The zero-order valence-electron chi connectivity index (χ0n) is 26.9. The number of likely N-dealkylation sites (tertiary alicyclic amines) is 2. The standard InChI is InChI=1S/C32H67N5/c1-29(2)23-27(24-30(3,4)35(29)9)37(28-25-31(5,6)36(10)32(7,8)26-28)22-18-14-13-17-21-34-20-16-12-11-15-19-33/h27-28,34H,11-26,33H2,1-10H3. The fraction of sp³-hybridized carbons (Fsp3) is 1.00. The van der Waals surface area contributed by atoms with Crippen molar-refractivity contribution in [3.8, 4) is 0 Å². The van der Waals surface area contributed by atoms with Crippen LogP contribution < -0.4 is 11.1 Å². The van der Waals surface area contributed by atoms with Crippen LogP contribution in [0, 0.1) is 0 Å². The van der Waals surface area contributed by atoms with Crippen LogP contribution in [-0.2, 0) is 0 Å². The van der Waals surface area contributed by atoms with E-state index in [1.807, 2.05) is 0 Å². The Hall–Kier alpha value is -0.200. The summed E-state index contributed by atoms with van der Waals surface area (Å²) in [5.74, 6) is 0. The molecule has 0 bridgehead atoms. The molecule has 37 heavy (non-hydrogen) atoms. The van der Waals surface area contributed by atoms with Gasteiger partial charge in [0.2, 0.25) is 0 Å². The quantitative estimate of drug-likeness (QED) is 0.249. The molecule has 5 nitrogen and oxygen atoms in total. The molecule has 0 aromatic carbocycles. The van der Waals surface area contributed by atoms with E-state index in [-0.39, 0.29) is 22.2 Å². The molecule has 0 amide bonds. The molecule has 0 aromatic heterocycles. The highest BCUT2D eigenvalue weighted by Gasteiger charge is 2.49. The molecule has 0 unspecified atom stereocenters. The summed E-state index contributed by atoms with van der Waals surface area (Å²) in [5.41, 5.74) is 6.52. The largest absolute Gasteiger partial charge is 0.330 e. The molecular weight excluding hydrogens is 454 g/mol. The zero-order valence-corrected chi connectivity index (χ0v) is 26.9. The van der Waals surface area contributed by atoms with Gasteiger partial charge in [-0.05, 0) is 147 Å². The molecule has 0 aliphatic carbocycles. The highest BCUT2D eigenvalue weighted by atomic mass is 15.3. The van der Waals surface area contributed by atoms with Crippen LogP contribution in [-0.4, -0.2) is 89.2 Å². The Morgan fingerprint density at radius 3 is 1.32 bits per heavy atom. The van der Waals surface area contributed by atoms with E-state index in [1.54, 1.807) is 0 Å². The Balaban J connectivity index is 1.95. The fourth-order valence-electron chi connectivity index (χ4n) is 7.54. The Labute approximate surface area is 232 Å². The average Bonchev–Trinajstić information content (AvgIpc) is 2.78. The van der Waals surface area contributed by atoms with Gasteiger partial charge in [0.1, 0.15) is 0 Å². The van der Waals surface area contributed by atoms with Crippen LogP contribution in [0.3, 0.4) is 0 Å². The molecule has 0 radical (unpaired) electrons. The van der Waals surface area contributed by atoms with Crippen LogP contribution in [0.4, 0.5) is 0 Å². The topological polar surface area (TPSA) is 47.8 Å². The fourth-order valence-corrected chi connectivity index (χ4v) is 7.54. The van der Waals surface area contributed by atoms with Crippen LogP contribution in [0.5, 0.6) is 0 Å². The predicted molar refractivity (Wildman–Crippen MR) is 163 cm³/mol. The van der Waals surface area contributed by atoms with Crippen molar-refractivity contribution in [2.24, 2.45) is 5.73 Å². The number of nitrogens with zero attached hydrogens (tertiary/aromatic N) is 3. The maximum Gasteiger partial charge on any atom is 0.0170 e. The smallest absolute Gasteiger partial charge is 0.0170 e. The van der Waals surface area contributed by atoms with Gasteiger partial charge in [0.05, 0.1) is 0 Å². The molecule has 2 saturated heterocycles. The molecule has 2 heterocycles. The Morgan fingerprint density at radius 2 is 0.946 bits per heavy atom. The van der Waals surface area contributed by atoms with Crippen molar-refractivity contribution in [3.63, 3.8) is 0 Å². The van der Waals surface area contributed by atoms with E-state index in [0.29, 0.717) is 12.1 Å². The van der Waals surface area contributed by atoms with Gasteiger partial charge in [0.25, 0.3) is 0 Å². The number of nitrogens with one attached hydrogen (secondary N) is 1. The van der Waals surface area contributed by atoms with Crippen LogP contribution >= 0.6 is 0 Å². The summed E-state index contributed by atoms with van der Waals surface area (Å²) in [7, 11) is 4.69. The molecule has 220 valence electrons. The number of hydrogen-bond acceptors (Lipinski definition) is 5. The second kappa shape index (κ2) is 13.9. The lowest BCUT2D eigenvalue weighted by Crippen LogP contribution is -2.67. The van der Waals surface area contributed by atoms with E-state index in [1.165, 1.54) is 96.7 Å². The van der Waals surface area contributed by atoms with Crippen molar-refractivity contribution in [2.45, 2.75) is 167 Å². The Kier molecular flexibility index (Phi) is 12.4. The van der Waals surface area contributed by atoms with Crippen molar-refractivity contribution < 1.29 is 0 Å². The van der Waals surface area contributed by atoms with Gasteiger partial charge in [-0.15, -0.1) is 0 Å². The monoisotopic (exact) mass is 522 g/mol. The lowest BCUT2D eigenvalue weighted by atomic mass is 9.73. The van der Waals surface area contributed by atoms with Crippen LogP contribution in [0.15, 0.2) is 0 Å². The second-order valence-corrected chi connectivity index (χ2v) is 15.1. The van der Waals surface area contributed by atoms with Crippen molar-refractivity contribution in [3.05, 3.63) is 0 Å². The second-order valence-electron chi connectivity index (χ2n) is 15.1. The predicted octanol–water partition coefficient (Wildman–Crippen LogP) is 6.26. The highest BCUT2D eigenvalue weighted by molar-refractivity contribution is 5.06. The number of unbranched alkanes of at least 4 members (excludes halogenated alkanes) is 6. The maximum atomic E-state index is 5.59. The summed E-state index contributed by atoms with van der Waals surface area (Å²) in [6.07, 6.45) is 15.5. The van der Waals surface area contributed by atoms with E-state index >= 15 is 0 Å². The molecule has 0 saturated carbocycles. The van der Waals surface area contributed by atoms with Gasteiger partial charge < -0.3 is 11.1 Å². The molecule has 0 spiro atoms. The molecular formula is C32H67N5. The number of piperidine rings is 2. The summed E-state index contributed by atoms with van der Waals surface area (Å²) >= 11 is 0. The summed E-state index contributed by atoms with van der Waals surface area (Å²) in [6.45, 7) is 24.2. The molecule has 5 heteroatoms. The normalized spacial score (nSPS) is 24.6. The molecule has 0 aromatic rings. The van der Waals surface area contributed by atoms with Crippen LogP contribution in [0.1, 0.15) is 132 Å². The lowest BCUT2D eigenvalue weighted by Gasteiger charge is -2.60. The van der Waals surface area contributed by atoms with Crippen LogP contribution in [0.25, 0.3) is 0 Å². The van der Waals surface area contributed by atoms with Gasteiger partial charge in [0, 0.05) is 34.2 Å². The molecule has 2 fully saturated rings. The zero-order chi connectivity index (χ0) is 27.9. The average molecular weight is 522 g/mol. The minimum absolute atomic E-state index is 0.233. The van der Waals surface area contributed by atoms with E-state index in [0.717, 1.165) is 6.54 Å². The third-order valence-electron chi connectivity index (χ3n) is 10.3. The first kappa shape index (κ1) is 33.0. The van der Waals surface area contributed by atoms with Crippen LogP contribution in [0.2, 0.25) is 0 Å². The third kappa shape index (κ3) is 9.45. The van der Waals surface area contributed by atoms with E-state index in [4.69, 9.17) is 5.73 Å². The van der Waals surface area contributed by atoms with E-state index in [2.05, 4.69) is 89.5 Å². The first-order valence-corrected chi connectivity index (χ1v) is 15.8. The lowest BCUT2D eigenvalue weighted by molar-refractivity contribution is -0.0919. The number of rotatable bonds is 15. The number of hydrogen-bond donors (Lipinski definition) is 2. The first-order valence-electron chi connectivity index (χ1n) is 15.8. The van der Waals surface area contributed by atoms with Gasteiger partial charge in [-0.3, -0.25) is 14.7 Å². The molecule has 3 N–H and O–H groups in total.